The number of carbonyl (C=O) groups is 2. The van der Waals surface area contributed by atoms with Crippen LogP contribution in [-0.4, -0.2) is 41.7 Å². The van der Waals surface area contributed by atoms with Crippen molar-refractivity contribution in [3.63, 3.8) is 0 Å². The Bertz CT molecular complexity index is 744. The number of carbonyl (C=O) groups excluding carboxylic acids is 2. The van der Waals surface area contributed by atoms with Gasteiger partial charge >= 0.3 is 6.03 Å². The normalized spacial score (nSPS) is 10.3. The molecule has 2 N–H and O–H groups in total. The van der Waals surface area contributed by atoms with E-state index in [4.69, 9.17) is 9.26 Å². The first kappa shape index (κ1) is 19.3. The van der Waals surface area contributed by atoms with Gasteiger partial charge in [-0.25, -0.2) is 4.79 Å². The van der Waals surface area contributed by atoms with Crippen LogP contribution in [0.5, 0.6) is 5.75 Å². The summed E-state index contributed by atoms with van der Waals surface area (Å²) in [6.07, 6.45) is 0.719. The van der Waals surface area contributed by atoms with Gasteiger partial charge in [0.1, 0.15) is 18.1 Å². The molecule has 2 rings (SSSR count). The van der Waals surface area contributed by atoms with Gasteiger partial charge in [0.05, 0.1) is 12.3 Å². The Labute approximate surface area is 152 Å². The Morgan fingerprint density at radius 3 is 2.65 bits per heavy atom. The molecule has 1 aromatic heterocycles. The van der Waals surface area contributed by atoms with Crippen LogP contribution in [0.15, 0.2) is 34.9 Å². The lowest BCUT2D eigenvalue weighted by atomic mass is 10.3. The molecule has 0 atom stereocenters. The molecule has 0 aliphatic heterocycles. The number of aryl methyl sites for hydroxylation is 1. The highest BCUT2D eigenvalue weighted by Gasteiger charge is 2.18. The third-order valence-corrected chi connectivity index (χ3v) is 3.44. The summed E-state index contributed by atoms with van der Waals surface area (Å²) in [7, 11) is 0. The molecule has 3 amide bonds. The van der Waals surface area contributed by atoms with Crippen molar-refractivity contribution in [2.24, 2.45) is 0 Å². The maximum absolute atomic E-state index is 12.6. The molecule has 0 spiro atoms. The van der Waals surface area contributed by atoms with Crippen molar-refractivity contribution in [2.75, 3.05) is 30.3 Å². The van der Waals surface area contributed by atoms with Crippen molar-refractivity contribution in [1.29, 1.82) is 0 Å². The zero-order chi connectivity index (χ0) is 18.9. The standard InChI is InChI=1S/C18H24N4O4/c1-4-10-22(12-17(23)20-16-11-13(3)26-21-16)18(24)19-14-8-6-7-9-15(14)25-5-2/h6-9,11H,4-5,10,12H2,1-3H3,(H,19,24)(H,20,21,23). The second kappa shape index (κ2) is 9.45. The van der Waals surface area contributed by atoms with Gasteiger partial charge in [-0.05, 0) is 32.4 Å². The van der Waals surface area contributed by atoms with Crippen LogP contribution >= 0.6 is 0 Å². The highest BCUT2D eigenvalue weighted by atomic mass is 16.5. The molecule has 0 saturated heterocycles. The SMILES string of the molecule is CCCN(CC(=O)Nc1cc(C)on1)C(=O)Nc1ccccc1OCC. The number of amides is 3. The first-order valence-corrected chi connectivity index (χ1v) is 8.54. The molecule has 140 valence electrons. The van der Waals surface area contributed by atoms with Gasteiger partial charge in [-0.3, -0.25) is 4.79 Å². The second-order valence-corrected chi connectivity index (χ2v) is 5.65. The van der Waals surface area contributed by atoms with Crippen LogP contribution in [0.4, 0.5) is 16.3 Å². The highest BCUT2D eigenvalue weighted by molar-refractivity contribution is 5.97. The van der Waals surface area contributed by atoms with Crippen molar-refractivity contribution < 1.29 is 18.8 Å². The first-order valence-electron chi connectivity index (χ1n) is 8.54. The molecule has 1 aromatic carbocycles. The van der Waals surface area contributed by atoms with Crippen molar-refractivity contribution in [3.05, 3.63) is 36.1 Å². The van der Waals surface area contributed by atoms with Crippen LogP contribution in [0.2, 0.25) is 0 Å². The lowest BCUT2D eigenvalue weighted by molar-refractivity contribution is -0.116. The third kappa shape index (κ3) is 5.51. The minimum atomic E-state index is -0.370. The maximum Gasteiger partial charge on any atom is 0.322 e. The zero-order valence-electron chi connectivity index (χ0n) is 15.2. The Morgan fingerprint density at radius 1 is 1.23 bits per heavy atom. The maximum atomic E-state index is 12.6. The van der Waals surface area contributed by atoms with Crippen molar-refractivity contribution in [1.82, 2.24) is 10.1 Å². The predicted molar refractivity (Wildman–Crippen MR) is 98.4 cm³/mol. The van der Waals surface area contributed by atoms with Crippen molar-refractivity contribution in [3.8, 4) is 5.75 Å². The van der Waals surface area contributed by atoms with E-state index in [9.17, 15) is 9.59 Å². The molecule has 0 aliphatic carbocycles. The largest absolute Gasteiger partial charge is 0.492 e. The monoisotopic (exact) mass is 360 g/mol. The predicted octanol–water partition coefficient (Wildman–Crippen LogP) is 3.26. The van der Waals surface area contributed by atoms with E-state index in [1.54, 1.807) is 25.1 Å². The second-order valence-electron chi connectivity index (χ2n) is 5.65. The van der Waals surface area contributed by atoms with Crippen molar-refractivity contribution in [2.45, 2.75) is 27.2 Å². The summed E-state index contributed by atoms with van der Waals surface area (Å²) in [5.74, 6) is 1.16. The fourth-order valence-electron chi connectivity index (χ4n) is 2.35. The summed E-state index contributed by atoms with van der Waals surface area (Å²) < 4.78 is 10.4. The molecule has 0 saturated carbocycles. The number of anilines is 2. The van der Waals surface area contributed by atoms with Gasteiger partial charge in [0.25, 0.3) is 0 Å². The Morgan fingerprint density at radius 2 is 2.00 bits per heavy atom. The van der Waals surface area contributed by atoms with E-state index >= 15 is 0 Å². The van der Waals surface area contributed by atoms with Gasteiger partial charge in [-0.2, -0.15) is 0 Å². The lowest BCUT2D eigenvalue weighted by Gasteiger charge is -2.22. The van der Waals surface area contributed by atoms with Gasteiger partial charge < -0.3 is 24.8 Å². The molecule has 8 nitrogen and oxygen atoms in total. The summed E-state index contributed by atoms with van der Waals surface area (Å²) in [5.41, 5.74) is 0.563. The Hall–Kier alpha value is -3.03. The molecule has 0 radical (unpaired) electrons. The smallest absolute Gasteiger partial charge is 0.322 e. The van der Waals surface area contributed by atoms with Crippen LogP contribution in [0.3, 0.4) is 0 Å². The topological polar surface area (TPSA) is 96.7 Å². The van der Waals surface area contributed by atoms with Gasteiger partial charge in [0.15, 0.2) is 5.82 Å². The minimum absolute atomic E-state index is 0.0949. The average molecular weight is 360 g/mol. The summed E-state index contributed by atoms with van der Waals surface area (Å²) in [6.45, 7) is 6.38. The minimum Gasteiger partial charge on any atom is -0.492 e. The number of benzene rings is 1. The number of ether oxygens (including phenoxy) is 1. The van der Waals surface area contributed by atoms with Gasteiger partial charge in [-0.15, -0.1) is 0 Å². The molecule has 0 unspecified atom stereocenters. The number of hydrogen-bond donors (Lipinski definition) is 2. The number of aromatic nitrogens is 1. The van der Waals surface area contributed by atoms with Crippen LogP contribution in [-0.2, 0) is 4.79 Å². The quantitative estimate of drug-likeness (QED) is 0.753. The van der Waals surface area contributed by atoms with E-state index in [1.165, 1.54) is 4.90 Å². The molecule has 0 fully saturated rings. The van der Waals surface area contributed by atoms with E-state index in [1.807, 2.05) is 26.0 Å². The number of nitrogens with zero attached hydrogens (tertiary/aromatic N) is 2. The summed E-state index contributed by atoms with van der Waals surface area (Å²) >= 11 is 0. The Kier molecular flexibility index (Phi) is 7.02. The molecule has 2 aromatic rings. The molecular formula is C18H24N4O4. The first-order chi connectivity index (χ1) is 12.5. The average Bonchev–Trinajstić information content (AvgIpc) is 3.01. The van der Waals surface area contributed by atoms with Gasteiger partial charge in [0, 0.05) is 12.6 Å². The van der Waals surface area contributed by atoms with E-state index < -0.39 is 0 Å². The number of urea groups is 1. The Balaban J connectivity index is 2.01. The summed E-state index contributed by atoms with van der Waals surface area (Å²) in [5, 5.41) is 9.12. The number of rotatable bonds is 8. The number of hydrogen-bond acceptors (Lipinski definition) is 5. The zero-order valence-corrected chi connectivity index (χ0v) is 15.2. The summed E-state index contributed by atoms with van der Waals surface area (Å²) in [6, 6.07) is 8.42. The van der Waals surface area contributed by atoms with E-state index in [-0.39, 0.29) is 18.5 Å². The molecular weight excluding hydrogens is 336 g/mol. The van der Waals surface area contributed by atoms with Gasteiger partial charge in [0.2, 0.25) is 5.91 Å². The fourth-order valence-corrected chi connectivity index (χ4v) is 2.35. The fraction of sp³-hybridized carbons (Fsp3) is 0.389. The molecule has 8 heteroatoms. The molecule has 0 bridgehead atoms. The molecule has 0 aliphatic rings. The number of nitrogens with one attached hydrogen (secondary N) is 2. The lowest BCUT2D eigenvalue weighted by Crippen LogP contribution is -2.41. The highest BCUT2D eigenvalue weighted by Crippen LogP contribution is 2.24. The third-order valence-electron chi connectivity index (χ3n) is 3.44. The molecule has 26 heavy (non-hydrogen) atoms. The van der Waals surface area contributed by atoms with E-state index in [2.05, 4.69) is 15.8 Å². The van der Waals surface area contributed by atoms with E-state index in [0.29, 0.717) is 36.2 Å². The van der Waals surface area contributed by atoms with E-state index in [0.717, 1.165) is 6.42 Å². The van der Waals surface area contributed by atoms with Crippen molar-refractivity contribution >= 4 is 23.4 Å². The van der Waals surface area contributed by atoms with Crippen LogP contribution in [0.1, 0.15) is 26.0 Å². The summed E-state index contributed by atoms with van der Waals surface area (Å²) in [4.78, 5) is 26.2. The molecule has 1 heterocycles. The van der Waals surface area contributed by atoms with Crippen LogP contribution in [0, 0.1) is 6.92 Å². The van der Waals surface area contributed by atoms with Crippen LogP contribution in [0.25, 0.3) is 0 Å². The number of para-hydroxylation sites is 2. The van der Waals surface area contributed by atoms with Crippen LogP contribution < -0.4 is 15.4 Å². The van der Waals surface area contributed by atoms with Gasteiger partial charge in [-0.1, -0.05) is 24.2 Å².